The number of benzene rings is 1. The molecule has 1 aromatic carbocycles. The van der Waals surface area contributed by atoms with Gasteiger partial charge in [-0.15, -0.1) is 0 Å². The maximum Gasteiger partial charge on any atom is 0.270 e. The molecule has 0 aliphatic heterocycles. The summed E-state index contributed by atoms with van der Waals surface area (Å²) in [6, 6.07) is 4.91. The first kappa shape index (κ1) is 15.2. The lowest BCUT2D eigenvalue weighted by molar-refractivity contribution is -0.384. The topological polar surface area (TPSA) is 55.2 Å². The smallest absolute Gasteiger partial charge is 0.270 e. The molecule has 0 amide bonds. The normalized spacial score (nSPS) is 10.7. The predicted octanol–water partition coefficient (Wildman–Crippen LogP) is 4.44. The number of rotatable bonds is 7. The monoisotopic (exact) mass is 362 g/mol. The van der Waals surface area contributed by atoms with E-state index >= 15 is 0 Å². The molecule has 1 N–H and O–H groups in total. The number of halogens is 1. The molecule has 1 aromatic rings. The summed E-state index contributed by atoms with van der Waals surface area (Å²) >= 11 is 2.12. The van der Waals surface area contributed by atoms with E-state index in [9.17, 15) is 10.1 Å². The van der Waals surface area contributed by atoms with Crippen molar-refractivity contribution in [1.82, 2.24) is 0 Å². The van der Waals surface area contributed by atoms with Crippen molar-refractivity contribution in [3.8, 4) is 0 Å². The molecule has 0 unspecified atom stereocenters. The van der Waals surface area contributed by atoms with Crippen LogP contribution in [0.25, 0.3) is 0 Å². The number of nitro benzene ring substituents is 1. The standard InChI is InChI=1S/C13H19IN2O2/c1-10(2)5-3-4-8-15-13-7-6-11(16(17)18)9-12(13)14/h6-7,9-10,15H,3-5,8H2,1-2H3. The molecule has 0 bridgehead atoms. The van der Waals surface area contributed by atoms with Gasteiger partial charge in [0.1, 0.15) is 0 Å². The summed E-state index contributed by atoms with van der Waals surface area (Å²) in [4.78, 5) is 10.2. The Morgan fingerprint density at radius 3 is 2.67 bits per heavy atom. The molecular formula is C13H19IN2O2. The molecule has 0 spiro atoms. The Bertz CT molecular complexity index is 408. The molecule has 0 aliphatic rings. The summed E-state index contributed by atoms with van der Waals surface area (Å²) in [7, 11) is 0. The largest absolute Gasteiger partial charge is 0.384 e. The Morgan fingerprint density at radius 2 is 2.11 bits per heavy atom. The number of unbranched alkanes of at least 4 members (excludes halogenated alkanes) is 1. The van der Waals surface area contributed by atoms with Gasteiger partial charge in [-0.3, -0.25) is 10.1 Å². The fourth-order valence-electron chi connectivity index (χ4n) is 1.66. The van der Waals surface area contributed by atoms with Gasteiger partial charge in [-0.1, -0.05) is 26.7 Å². The van der Waals surface area contributed by atoms with E-state index in [1.165, 1.54) is 12.8 Å². The minimum absolute atomic E-state index is 0.143. The lowest BCUT2D eigenvalue weighted by Crippen LogP contribution is -2.04. The minimum atomic E-state index is -0.366. The quantitative estimate of drug-likeness (QED) is 0.338. The van der Waals surface area contributed by atoms with Crippen molar-refractivity contribution in [2.24, 2.45) is 5.92 Å². The van der Waals surface area contributed by atoms with Crippen molar-refractivity contribution >= 4 is 34.0 Å². The molecule has 0 atom stereocenters. The zero-order chi connectivity index (χ0) is 13.5. The Morgan fingerprint density at radius 1 is 1.39 bits per heavy atom. The third-order valence-electron chi connectivity index (χ3n) is 2.69. The number of hydrogen-bond acceptors (Lipinski definition) is 3. The maximum absolute atomic E-state index is 10.6. The Labute approximate surface area is 121 Å². The van der Waals surface area contributed by atoms with Gasteiger partial charge in [0.15, 0.2) is 0 Å². The van der Waals surface area contributed by atoms with Crippen LogP contribution in [0.5, 0.6) is 0 Å². The van der Waals surface area contributed by atoms with Gasteiger partial charge in [0.25, 0.3) is 5.69 Å². The molecule has 4 nitrogen and oxygen atoms in total. The molecule has 1 rings (SSSR count). The van der Waals surface area contributed by atoms with Gasteiger partial charge in [-0.2, -0.15) is 0 Å². The highest BCUT2D eigenvalue weighted by Gasteiger charge is 2.08. The Hall–Kier alpha value is -0.850. The number of hydrogen-bond donors (Lipinski definition) is 1. The predicted molar refractivity (Wildman–Crippen MR) is 83.0 cm³/mol. The van der Waals surface area contributed by atoms with Crippen LogP contribution in [0.4, 0.5) is 11.4 Å². The first-order valence-electron chi connectivity index (χ1n) is 6.18. The fourth-order valence-corrected chi connectivity index (χ4v) is 2.35. The van der Waals surface area contributed by atoms with Crippen molar-refractivity contribution in [3.05, 3.63) is 31.9 Å². The molecule has 18 heavy (non-hydrogen) atoms. The lowest BCUT2D eigenvalue weighted by Gasteiger charge is -2.09. The zero-order valence-electron chi connectivity index (χ0n) is 10.8. The molecule has 0 fully saturated rings. The summed E-state index contributed by atoms with van der Waals surface area (Å²) < 4.78 is 0.894. The number of anilines is 1. The first-order valence-corrected chi connectivity index (χ1v) is 7.26. The number of nitro groups is 1. The van der Waals surface area contributed by atoms with Crippen LogP contribution < -0.4 is 5.32 Å². The van der Waals surface area contributed by atoms with Gasteiger partial charge >= 0.3 is 0 Å². The molecule has 0 saturated carbocycles. The van der Waals surface area contributed by atoms with Crippen LogP contribution in [0.1, 0.15) is 33.1 Å². The van der Waals surface area contributed by atoms with E-state index in [1.807, 2.05) is 0 Å². The van der Waals surface area contributed by atoms with Gasteiger partial charge in [-0.25, -0.2) is 0 Å². The molecule has 0 aliphatic carbocycles. The summed E-state index contributed by atoms with van der Waals surface area (Å²) in [5.41, 5.74) is 1.12. The van der Waals surface area contributed by atoms with Crippen molar-refractivity contribution in [2.45, 2.75) is 33.1 Å². The van der Waals surface area contributed by atoms with E-state index < -0.39 is 0 Å². The molecule has 0 aromatic heterocycles. The first-order chi connectivity index (χ1) is 8.50. The Kier molecular flexibility index (Phi) is 6.38. The van der Waals surface area contributed by atoms with E-state index in [0.29, 0.717) is 0 Å². The van der Waals surface area contributed by atoms with E-state index in [-0.39, 0.29) is 10.6 Å². The van der Waals surface area contributed by atoms with Crippen LogP contribution >= 0.6 is 22.6 Å². The SMILES string of the molecule is CC(C)CCCCNc1ccc([N+](=O)[O-])cc1I. The molecule has 0 saturated heterocycles. The summed E-state index contributed by atoms with van der Waals surface area (Å²) in [6.07, 6.45) is 3.60. The second-order valence-corrected chi connectivity index (χ2v) is 5.90. The minimum Gasteiger partial charge on any atom is -0.384 e. The maximum atomic E-state index is 10.6. The molecular weight excluding hydrogens is 343 g/mol. The van der Waals surface area contributed by atoms with Crippen LogP contribution in [0.2, 0.25) is 0 Å². The fraction of sp³-hybridized carbons (Fsp3) is 0.538. The highest BCUT2D eigenvalue weighted by atomic mass is 127. The third kappa shape index (κ3) is 5.20. The lowest BCUT2D eigenvalue weighted by atomic mass is 10.1. The van der Waals surface area contributed by atoms with Crippen molar-refractivity contribution < 1.29 is 4.92 Å². The average Bonchev–Trinajstić information content (AvgIpc) is 2.29. The van der Waals surface area contributed by atoms with E-state index in [0.717, 1.165) is 28.1 Å². The highest BCUT2D eigenvalue weighted by molar-refractivity contribution is 14.1. The van der Waals surface area contributed by atoms with Crippen LogP contribution in [-0.2, 0) is 0 Å². The van der Waals surface area contributed by atoms with Gasteiger partial charge in [0.2, 0.25) is 0 Å². The summed E-state index contributed by atoms with van der Waals surface area (Å²) in [5, 5.41) is 13.9. The molecule has 0 heterocycles. The second-order valence-electron chi connectivity index (χ2n) is 4.74. The number of nitrogens with one attached hydrogen (secondary N) is 1. The van der Waals surface area contributed by atoms with Gasteiger partial charge in [0.05, 0.1) is 4.92 Å². The van der Waals surface area contributed by atoms with E-state index in [4.69, 9.17) is 0 Å². The molecule has 5 heteroatoms. The van der Waals surface area contributed by atoms with Crippen LogP contribution in [-0.4, -0.2) is 11.5 Å². The van der Waals surface area contributed by atoms with Crippen LogP contribution in [0.15, 0.2) is 18.2 Å². The van der Waals surface area contributed by atoms with Gasteiger partial charge < -0.3 is 5.32 Å². The number of nitrogens with zero attached hydrogens (tertiary/aromatic N) is 1. The molecule has 0 radical (unpaired) electrons. The third-order valence-corrected chi connectivity index (χ3v) is 3.58. The Balaban J connectivity index is 2.41. The average molecular weight is 362 g/mol. The van der Waals surface area contributed by atoms with Crippen molar-refractivity contribution in [1.29, 1.82) is 0 Å². The molecule has 100 valence electrons. The number of non-ortho nitro benzene ring substituents is 1. The van der Waals surface area contributed by atoms with Crippen molar-refractivity contribution in [3.63, 3.8) is 0 Å². The van der Waals surface area contributed by atoms with Crippen molar-refractivity contribution in [2.75, 3.05) is 11.9 Å². The highest BCUT2D eigenvalue weighted by Crippen LogP contribution is 2.23. The van der Waals surface area contributed by atoms with E-state index in [2.05, 4.69) is 41.8 Å². The summed E-state index contributed by atoms with van der Waals surface area (Å²) in [6.45, 7) is 5.37. The summed E-state index contributed by atoms with van der Waals surface area (Å²) in [5.74, 6) is 0.754. The van der Waals surface area contributed by atoms with Crippen LogP contribution in [0, 0.1) is 19.6 Å². The van der Waals surface area contributed by atoms with Crippen LogP contribution in [0.3, 0.4) is 0 Å². The van der Waals surface area contributed by atoms with E-state index in [1.54, 1.807) is 18.2 Å². The second kappa shape index (κ2) is 7.56. The van der Waals surface area contributed by atoms with Gasteiger partial charge in [0, 0.05) is 27.9 Å². The zero-order valence-corrected chi connectivity index (χ0v) is 12.9. The van der Waals surface area contributed by atoms with Gasteiger partial charge in [-0.05, 0) is 41.0 Å².